The van der Waals surface area contributed by atoms with Crippen LogP contribution in [0.25, 0.3) is 0 Å². The number of hydrogen-bond donors (Lipinski definition) is 1. The first kappa shape index (κ1) is 16.9. The van der Waals surface area contributed by atoms with Crippen molar-refractivity contribution in [3.8, 4) is 6.07 Å². The molecule has 0 unspecified atom stereocenters. The molecular weight excluding hydrogens is 324 g/mol. The fourth-order valence-electron chi connectivity index (χ4n) is 2.84. The summed E-state index contributed by atoms with van der Waals surface area (Å²) in [4.78, 5) is 24.4. The van der Waals surface area contributed by atoms with Crippen LogP contribution in [0.2, 0.25) is 0 Å². The Hall–Kier alpha value is -1.95. The van der Waals surface area contributed by atoms with Crippen molar-refractivity contribution in [1.29, 1.82) is 5.26 Å². The van der Waals surface area contributed by atoms with Gasteiger partial charge in [0.25, 0.3) is 5.91 Å². The third-order valence-electron chi connectivity index (χ3n) is 4.40. The largest absolute Gasteiger partial charge is 0.337 e. The third kappa shape index (κ3) is 3.75. The van der Waals surface area contributed by atoms with Crippen LogP contribution in [0, 0.1) is 11.3 Å². The molecule has 8 heteroatoms. The van der Waals surface area contributed by atoms with Gasteiger partial charge in [-0.25, -0.2) is 4.98 Å². The summed E-state index contributed by atoms with van der Waals surface area (Å²) in [5, 5.41) is 13.1. The standard InChI is InChI=1S/C16H22N6OS/c1-20-5-7-22(8-6-20)15(23)12(9-17)10-18-16-19-13-3-4-21(2)11-14(13)24-16/h10H,3-8,11H2,1-2H3,(H,18,19)/b12-10-. The van der Waals surface area contributed by atoms with Crippen molar-refractivity contribution in [2.75, 3.05) is 52.1 Å². The summed E-state index contributed by atoms with van der Waals surface area (Å²) in [6, 6.07) is 2.01. The minimum absolute atomic E-state index is 0.129. The molecule has 24 heavy (non-hydrogen) atoms. The van der Waals surface area contributed by atoms with Crippen molar-refractivity contribution < 1.29 is 4.79 Å². The van der Waals surface area contributed by atoms with Gasteiger partial charge in [0.1, 0.15) is 11.6 Å². The van der Waals surface area contributed by atoms with Gasteiger partial charge in [0, 0.05) is 56.8 Å². The van der Waals surface area contributed by atoms with Gasteiger partial charge in [-0.3, -0.25) is 4.79 Å². The molecule has 0 aliphatic carbocycles. The number of carbonyl (C=O) groups is 1. The zero-order valence-electron chi connectivity index (χ0n) is 14.1. The number of aromatic nitrogens is 1. The topological polar surface area (TPSA) is 75.5 Å². The predicted molar refractivity (Wildman–Crippen MR) is 93.5 cm³/mol. The average Bonchev–Trinajstić information content (AvgIpc) is 2.97. The summed E-state index contributed by atoms with van der Waals surface area (Å²) in [7, 11) is 4.13. The smallest absolute Gasteiger partial charge is 0.266 e. The molecule has 7 nitrogen and oxygen atoms in total. The van der Waals surface area contributed by atoms with Crippen molar-refractivity contribution in [1.82, 2.24) is 19.7 Å². The number of thiazole rings is 1. The van der Waals surface area contributed by atoms with Gasteiger partial charge in [0.2, 0.25) is 0 Å². The molecular formula is C16H22N6OS. The van der Waals surface area contributed by atoms with Crippen LogP contribution in [0.3, 0.4) is 0 Å². The number of likely N-dealkylation sites (N-methyl/N-ethyl adjacent to an activating group) is 2. The van der Waals surface area contributed by atoms with Crippen LogP contribution in [-0.4, -0.2) is 72.4 Å². The molecule has 3 rings (SSSR count). The second-order valence-electron chi connectivity index (χ2n) is 6.29. The Balaban J connectivity index is 1.66. The molecule has 0 atom stereocenters. The number of carbonyl (C=O) groups excluding carboxylic acids is 1. The maximum absolute atomic E-state index is 12.4. The Bertz CT molecular complexity index is 683. The van der Waals surface area contributed by atoms with Gasteiger partial charge in [0.05, 0.1) is 5.69 Å². The molecule has 0 radical (unpaired) electrons. The Morgan fingerprint density at radius 1 is 1.25 bits per heavy atom. The zero-order chi connectivity index (χ0) is 17.1. The molecule has 2 aliphatic rings. The maximum Gasteiger partial charge on any atom is 0.266 e. The van der Waals surface area contributed by atoms with Crippen molar-refractivity contribution in [3.05, 3.63) is 22.3 Å². The Morgan fingerprint density at radius 3 is 2.71 bits per heavy atom. The van der Waals surface area contributed by atoms with E-state index in [1.54, 1.807) is 16.2 Å². The molecule has 3 heterocycles. The molecule has 1 saturated heterocycles. The van der Waals surface area contributed by atoms with E-state index >= 15 is 0 Å². The van der Waals surface area contributed by atoms with E-state index in [0.29, 0.717) is 13.1 Å². The number of hydrogen-bond acceptors (Lipinski definition) is 7. The highest BCUT2D eigenvalue weighted by molar-refractivity contribution is 7.15. The Morgan fingerprint density at radius 2 is 2.00 bits per heavy atom. The average molecular weight is 346 g/mol. The lowest BCUT2D eigenvalue weighted by Gasteiger charge is -2.32. The number of anilines is 1. The number of fused-ring (bicyclic) bond motifs is 1. The second-order valence-corrected chi connectivity index (χ2v) is 7.37. The molecule has 1 N–H and O–H groups in total. The van der Waals surface area contributed by atoms with E-state index in [-0.39, 0.29) is 11.5 Å². The van der Waals surface area contributed by atoms with Gasteiger partial charge in [-0.15, -0.1) is 11.3 Å². The fourth-order valence-corrected chi connectivity index (χ4v) is 3.90. The highest BCUT2D eigenvalue weighted by Crippen LogP contribution is 2.27. The normalized spacial score (nSPS) is 19.7. The highest BCUT2D eigenvalue weighted by atomic mass is 32.1. The van der Waals surface area contributed by atoms with Crippen molar-refractivity contribution in [3.63, 3.8) is 0 Å². The minimum Gasteiger partial charge on any atom is -0.337 e. The van der Waals surface area contributed by atoms with Gasteiger partial charge < -0.3 is 20.0 Å². The van der Waals surface area contributed by atoms with E-state index in [0.717, 1.165) is 43.4 Å². The molecule has 128 valence electrons. The first-order chi connectivity index (χ1) is 11.6. The van der Waals surface area contributed by atoms with Crippen molar-refractivity contribution in [2.24, 2.45) is 0 Å². The lowest BCUT2D eigenvalue weighted by Crippen LogP contribution is -2.47. The Kier molecular flexibility index (Phi) is 5.14. The SMILES string of the molecule is CN1CCN(C(=O)/C(C#N)=C\Nc2nc3c(s2)CN(C)CC3)CC1. The van der Waals surface area contributed by atoms with Gasteiger partial charge in [-0.1, -0.05) is 0 Å². The van der Waals surface area contributed by atoms with E-state index < -0.39 is 0 Å². The number of piperazine rings is 1. The molecule has 2 aliphatic heterocycles. The number of nitrogens with zero attached hydrogens (tertiary/aromatic N) is 5. The van der Waals surface area contributed by atoms with E-state index in [1.165, 1.54) is 11.1 Å². The Labute approximate surface area is 146 Å². The van der Waals surface area contributed by atoms with Crippen LogP contribution < -0.4 is 5.32 Å². The van der Waals surface area contributed by atoms with E-state index in [4.69, 9.17) is 0 Å². The number of amides is 1. The summed E-state index contributed by atoms with van der Waals surface area (Å²) >= 11 is 1.59. The highest BCUT2D eigenvalue weighted by Gasteiger charge is 2.22. The van der Waals surface area contributed by atoms with Crippen LogP contribution >= 0.6 is 11.3 Å². The first-order valence-corrected chi connectivity index (χ1v) is 8.90. The van der Waals surface area contributed by atoms with Gasteiger partial charge in [0.15, 0.2) is 5.13 Å². The molecule has 0 bridgehead atoms. The third-order valence-corrected chi connectivity index (χ3v) is 5.42. The van der Waals surface area contributed by atoms with E-state index in [2.05, 4.69) is 27.1 Å². The fraction of sp³-hybridized carbons (Fsp3) is 0.562. The summed E-state index contributed by atoms with van der Waals surface area (Å²) in [6.45, 7) is 4.91. The van der Waals surface area contributed by atoms with Crippen LogP contribution in [0.5, 0.6) is 0 Å². The molecule has 0 aromatic carbocycles. The maximum atomic E-state index is 12.4. The molecule has 0 saturated carbocycles. The summed E-state index contributed by atoms with van der Waals surface area (Å²) in [5.41, 5.74) is 1.25. The summed E-state index contributed by atoms with van der Waals surface area (Å²) in [5.74, 6) is -0.209. The van der Waals surface area contributed by atoms with Crippen molar-refractivity contribution >= 4 is 22.4 Å². The summed E-state index contributed by atoms with van der Waals surface area (Å²) in [6.07, 6.45) is 2.44. The molecule has 1 aromatic heterocycles. The van der Waals surface area contributed by atoms with Gasteiger partial charge in [-0.2, -0.15) is 5.26 Å². The van der Waals surface area contributed by atoms with Crippen LogP contribution in [-0.2, 0) is 17.8 Å². The number of rotatable bonds is 3. The van der Waals surface area contributed by atoms with E-state index in [9.17, 15) is 10.1 Å². The van der Waals surface area contributed by atoms with Gasteiger partial charge >= 0.3 is 0 Å². The lowest BCUT2D eigenvalue weighted by molar-refractivity contribution is -0.128. The second kappa shape index (κ2) is 7.30. The molecule has 1 amide bonds. The molecule has 0 spiro atoms. The van der Waals surface area contributed by atoms with Crippen LogP contribution in [0.15, 0.2) is 11.8 Å². The lowest BCUT2D eigenvalue weighted by atomic mass is 10.2. The van der Waals surface area contributed by atoms with Gasteiger partial charge in [-0.05, 0) is 14.1 Å². The quantitative estimate of drug-likeness (QED) is 0.642. The first-order valence-electron chi connectivity index (χ1n) is 8.08. The molecule has 1 fully saturated rings. The van der Waals surface area contributed by atoms with Crippen molar-refractivity contribution in [2.45, 2.75) is 13.0 Å². The minimum atomic E-state index is -0.209. The zero-order valence-corrected chi connectivity index (χ0v) is 14.9. The predicted octanol–water partition coefficient (Wildman–Crippen LogP) is 0.724. The van der Waals surface area contributed by atoms with E-state index in [1.807, 2.05) is 13.1 Å². The number of nitrogens with one attached hydrogen (secondary N) is 1. The molecule has 1 aromatic rings. The summed E-state index contributed by atoms with van der Waals surface area (Å²) < 4.78 is 0. The van der Waals surface area contributed by atoms with Crippen LogP contribution in [0.4, 0.5) is 5.13 Å². The number of nitriles is 1. The monoisotopic (exact) mass is 346 g/mol. The van der Waals surface area contributed by atoms with Crippen LogP contribution in [0.1, 0.15) is 10.6 Å².